The minimum Gasteiger partial charge on any atom is -0.393 e. The number of hydrogen-bond donors (Lipinski definition) is 1. The van der Waals surface area contributed by atoms with Crippen molar-refractivity contribution in [3.05, 3.63) is 24.7 Å². The Morgan fingerprint density at radius 3 is 3.00 bits per heavy atom. The van der Waals surface area contributed by atoms with E-state index in [-0.39, 0.29) is 5.92 Å². The minimum absolute atomic E-state index is 0.157. The van der Waals surface area contributed by atoms with Gasteiger partial charge in [0.2, 0.25) is 0 Å². The molecule has 0 aliphatic rings. The van der Waals surface area contributed by atoms with Gasteiger partial charge in [-0.05, 0) is 13.0 Å². The number of aromatic nitrogens is 3. The Labute approximate surface area is 112 Å². The first kappa shape index (κ1) is 12.8. The zero-order chi connectivity index (χ0) is 13.1. The second-order valence-electron chi connectivity index (χ2n) is 4.25. The summed E-state index contributed by atoms with van der Waals surface area (Å²) < 4.78 is 1.82. The average Bonchev–Trinajstić information content (AvgIpc) is 2.83. The first-order valence-electron chi connectivity index (χ1n) is 5.96. The van der Waals surface area contributed by atoms with Crippen LogP contribution in [0.5, 0.6) is 0 Å². The van der Waals surface area contributed by atoms with Crippen molar-refractivity contribution < 1.29 is 0 Å². The quantitative estimate of drug-likeness (QED) is 0.828. The number of rotatable bonds is 5. The maximum atomic E-state index is 5.68. The molecule has 0 spiro atoms. The van der Waals surface area contributed by atoms with Gasteiger partial charge in [-0.1, -0.05) is 19.1 Å². The molecule has 1 atom stereocenters. The normalized spacial score (nSPS) is 12.6. The van der Waals surface area contributed by atoms with Gasteiger partial charge in [0.15, 0.2) is 5.82 Å². The molecule has 0 aliphatic carbocycles. The third kappa shape index (κ3) is 2.43. The van der Waals surface area contributed by atoms with Crippen LogP contribution in [0.3, 0.4) is 0 Å². The monoisotopic (exact) mass is 263 g/mol. The lowest BCUT2D eigenvalue weighted by atomic mass is 10.1. The molecule has 6 heteroatoms. The summed E-state index contributed by atoms with van der Waals surface area (Å²) in [6.45, 7) is 5.74. The topological polar surface area (TPSA) is 59.5 Å². The van der Waals surface area contributed by atoms with E-state index in [0.29, 0.717) is 4.99 Å². The summed E-state index contributed by atoms with van der Waals surface area (Å²) in [7, 11) is 0. The third-order valence-electron chi connectivity index (χ3n) is 2.97. The maximum absolute atomic E-state index is 5.68. The van der Waals surface area contributed by atoms with Crippen molar-refractivity contribution in [3.63, 3.8) is 0 Å². The number of nitrogens with zero attached hydrogens (tertiary/aromatic N) is 4. The van der Waals surface area contributed by atoms with E-state index in [1.165, 1.54) is 0 Å². The van der Waals surface area contributed by atoms with Gasteiger partial charge in [0.25, 0.3) is 0 Å². The fraction of sp³-hybridized carbons (Fsp3) is 0.417. The van der Waals surface area contributed by atoms with E-state index >= 15 is 0 Å². The molecule has 0 aliphatic heterocycles. The highest BCUT2D eigenvalue weighted by atomic mass is 32.1. The Morgan fingerprint density at radius 2 is 2.33 bits per heavy atom. The molecule has 2 N–H and O–H groups in total. The molecule has 0 radical (unpaired) electrons. The Kier molecular flexibility index (Phi) is 3.76. The Morgan fingerprint density at radius 1 is 1.56 bits per heavy atom. The fourth-order valence-electron chi connectivity index (χ4n) is 1.87. The van der Waals surface area contributed by atoms with Gasteiger partial charge in [0, 0.05) is 31.4 Å². The van der Waals surface area contributed by atoms with Gasteiger partial charge < -0.3 is 10.6 Å². The van der Waals surface area contributed by atoms with Gasteiger partial charge in [0.05, 0.1) is 11.2 Å². The van der Waals surface area contributed by atoms with Gasteiger partial charge in [-0.25, -0.2) is 9.50 Å². The molecule has 96 valence electrons. The highest BCUT2D eigenvalue weighted by molar-refractivity contribution is 7.80. The molecule has 2 rings (SSSR count). The molecular formula is C12H17N5S. The summed E-state index contributed by atoms with van der Waals surface area (Å²) in [6, 6.07) is 1.95. The summed E-state index contributed by atoms with van der Waals surface area (Å²) in [5.74, 6) is 1.07. The van der Waals surface area contributed by atoms with Crippen LogP contribution in [0.1, 0.15) is 13.8 Å². The second-order valence-corrected chi connectivity index (χ2v) is 4.73. The summed E-state index contributed by atoms with van der Waals surface area (Å²) in [4.78, 5) is 7.15. The van der Waals surface area contributed by atoms with Crippen molar-refractivity contribution in [3.8, 4) is 0 Å². The van der Waals surface area contributed by atoms with Gasteiger partial charge in [-0.2, -0.15) is 5.10 Å². The Bertz CT molecular complexity index is 550. The predicted octanol–water partition coefficient (Wildman–Crippen LogP) is 1.48. The molecule has 5 nitrogen and oxygen atoms in total. The number of anilines is 1. The molecule has 2 aromatic heterocycles. The van der Waals surface area contributed by atoms with Gasteiger partial charge >= 0.3 is 0 Å². The van der Waals surface area contributed by atoms with Gasteiger partial charge in [-0.15, -0.1) is 0 Å². The van der Waals surface area contributed by atoms with Crippen LogP contribution in [0, 0.1) is 5.92 Å². The largest absolute Gasteiger partial charge is 0.393 e. The fourth-order valence-corrected chi connectivity index (χ4v) is 1.95. The summed E-state index contributed by atoms with van der Waals surface area (Å²) in [6.07, 6.45) is 5.36. The van der Waals surface area contributed by atoms with Crippen molar-refractivity contribution in [2.45, 2.75) is 13.8 Å². The van der Waals surface area contributed by atoms with E-state index in [9.17, 15) is 0 Å². The van der Waals surface area contributed by atoms with E-state index < -0.39 is 0 Å². The molecular weight excluding hydrogens is 246 g/mol. The molecule has 1 unspecified atom stereocenters. The first-order chi connectivity index (χ1) is 8.63. The van der Waals surface area contributed by atoms with Crippen molar-refractivity contribution in [2.75, 3.05) is 18.0 Å². The number of hydrogen-bond acceptors (Lipinski definition) is 4. The summed E-state index contributed by atoms with van der Waals surface area (Å²) in [5, 5.41) is 4.21. The molecule has 18 heavy (non-hydrogen) atoms. The third-order valence-corrected chi connectivity index (χ3v) is 3.37. The molecule has 0 amide bonds. The second kappa shape index (κ2) is 5.30. The average molecular weight is 263 g/mol. The predicted molar refractivity (Wildman–Crippen MR) is 76.8 cm³/mol. The van der Waals surface area contributed by atoms with E-state index in [4.69, 9.17) is 18.0 Å². The van der Waals surface area contributed by atoms with Crippen LogP contribution in [0.4, 0.5) is 5.82 Å². The molecule has 0 bridgehead atoms. The lowest BCUT2D eigenvalue weighted by Gasteiger charge is -2.25. The van der Waals surface area contributed by atoms with Crippen LogP contribution in [-0.4, -0.2) is 32.7 Å². The molecule has 0 saturated carbocycles. The highest BCUT2D eigenvalue weighted by Gasteiger charge is 2.15. The number of fused-ring (bicyclic) bond motifs is 1. The number of thiocarbonyl (C=S) groups is 1. The molecule has 0 saturated heterocycles. The zero-order valence-corrected chi connectivity index (χ0v) is 11.4. The van der Waals surface area contributed by atoms with E-state index in [1.54, 1.807) is 12.4 Å². The first-order valence-corrected chi connectivity index (χ1v) is 6.37. The zero-order valence-electron chi connectivity index (χ0n) is 10.6. The van der Waals surface area contributed by atoms with Gasteiger partial charge in [-0.3, -0.25) is 0 Å². The van der Waals surface area contributed by atoms with Crippen LogP contribution in [0.25, 0.3) is 5.52 Å². The maximum Gasteiger partial charge on any atom is 0.154 e. The molecule has 2 heterocycles. The molecule has 0 fully saturated rings. The van der Waals surface area contributed by atoms with Crippen molar-refractivity contribution >= 4 is 28.5 Å². The van der Waals surface area contributed by atoms with Crippen molar-refractivity contribution in [1.29, 1.82) is 0 Å². The van der Waals surface area contributed by atoms with E-state index in [1.807, 2.05) is 23.7 Å². The van der Waals surface area contributed by atoms with Crippen molar-refractivity contribution in [2.24, 2.45) is 11.7 Å². The van der Waals surface area contributed by atoms with E-state index in [0.717, 1.165) is 24.4 Å². The van der Waals surface area contributed by atoms with Crippen LogP contribution in [-0.2, 0) is 0 Å². The number of nitrogens with two attached hydrogens (primary N) is 1. The minimum atomic E-state index is 0.157. The lowest BCUT2D eigenvalue weighted by molar-refractivity contribution is 0.699. The van der Waals surface area contributed by atoms with Crippen LogP contribution in [0.2, 0.25) is 0 Å². The molecule has 2 aromatic rings. The summed E-state index contributed by atoms with van der Waals surface area (Å²) >= 11 is 5.03. The van der Waals surface area contributed by atoms with Crippen LogP contribution < -0.4 is 10.6 Å². The smallest absolute Gasteiger partial charge is 0.154 e. The summed E-state index contributed by atoms with van der Waals surface area (Å²) in [5.41, 5.74) is 6.67. The van der Waals surface area contributed by atoms with Crippen LogP contribution >= 0.6 is 12.2 Å². The SMILES string of the molecule is CCN(CC(C)C(N)=S)c1nccn2nccc12. The standard InChI is InChI=1S/C12H17N5S/c1-3-16(8-9(2)11(13)18)12-10-4-5-15-17(10)7-6-14-12/h4-7,9H,3,8H2,1-2H3,(H2,13,18). The van der Waals surface area contributed by atoms with E-state index in [2.05, 4.69) is 21.9 Å². The van der Waals surface area contributed by atoms with Crippen LogP contribution in [0.15, 0.2) is 24.7 Å². The lowest BCUT2D eigenvalue weighted by Crippen LogP contribution is -2.34. The highest BCUT2D eigenvalue weighted by Crippen LogP contribution is 2.19. The Hall–Kier alpha value is -1.69. The molecule has 0 aromatic carbocycles. The van der Waals surface area contributed by atoms with Gasteiger partial charge in [0.1, 0.15) is 5.52 Å². The Balaban J connectivity index is 2.32. The van der Waals surface area contributed by atoms with Crippen molar-refractivity contribution in [1.82, 2.24) is 14.6 Å².